The number of carbonyl (C=O) groups is 2. The Labute approximate surface area is 105 Å². The van der Waals surface area contributed by atoms with Gasteiger partial charge in [-0.2, -0.15) is 0 Å². The fraction of sp³-hybridized carbons (Fsp3) is 0.333. The third-order valence-electron chi connectivity index (χ3n) is 2.23. The van der Waals surface area contributed by atoms with E-state index >= 15 is 0 Å². The minimum absolute atomic E-state index is 0.350. The van der Waals surface area contributed by atoms with Crippen LogP contribution in [-0.4, -0.2) is 24.5 Å². The van der Waals surface area contributed by atoms with Gasteiger partial charge in [-0.15, -0.1) is 0 Å². The Hall–Kier alpha value is -1.55. The third-order valence-corrected chi connectivity index (χ3v) is 2.48. The smallest absolute Gasteiger partial charge is 0.330 e. The summed E-state index contributed by atoms with van der Waals surface area (Å²) in [6.45, 7) is 3.15. The predicted octanol–water partition coefficient (Wildman–Crippen LogP) is 2.02. The van der Waals surface area contributed by atoms with Gasteiger partial charge in [-0.05, 0) is 38.1 Å². The molecule has 92 valence electrons. The summed E-state index contributed by atoms with van der Waals surface area (Å²) in [5.74, 6) is -0.850. The summed E-state index contributed by atoms with van der Waals surface area (Å²) in [5, 5.41) is 3.14. The summed E-state index contributed by atoms with van der Waals surface area (Å²) in [6, 6.07) is 6.40. The molecule has 4 nitrogen and oxygen atoms in total. The number of rotatable bonds is 3. The number of carbonyl (C=O) groups excluding carboxylic acids is 2. The number of methoxy groups -OCH3 is 1. The molecule has 0 aliphatic carbocycles. The molecule has 1 aromatic rings. The Kier molecular flexibility index (Phi) is 4.12. The SMILES string of the molecule is COC(=O)C(C)(C)NC(=O)c1ccc(Cl)cc1. The lowest BCUT2D eigenvalue weighted by atomic mass is 10.1. The zero-order valence-corrected chi connectivity index (χ0v) is 10.7. The van der Waals surface area contributed by atoms with Gasteiger partial charge in [0.25, 0.3) is 5.91 Å². The number of hydrogen-bond acceptors (Lipinski definition) is 3. The minimum atomic E-state index is -1.06. The maximum absolute atomic E-state index is 11.8. The van der Waals surface area contributed by atoms with Crippen molar-refractivity contribution in [2.45, 2.75) is 19.4 Å². The van der Waals surface area contributed by atoms with E-state index in [2.05, 4.69) is 10.1 Å². The molecule has 0 spiro atoms. The van der Waals surface area contributed by atoms with E-state index in [1.807, 2.05) is 0 Å². The van der Waals surface area contributed by atoms with Gasteiger partial charge in [0.05, 0.1) is 7.11 Å². The monoisotopic (exact) mass is 255 g/mol. The van der Waals surface area contributed by atoms with E-state index in [1.54, 1.807) is 38.1 Å². The van der Waals surface area contributed by atoms with Gasteiger partial charge in [-0.1, -0.05) is 11.6 Å². The van der Waals surface area contributed by atoms with Crippen LogP contribution in [0, 0.1) is 0 Å². The van der Waals surface area contributed by atoms with E-state index in [0.29, 0.717) is 10.6 Å². The molecule has 0 aliphatic rings. The highest BCUT2D eigenvalue weighted by atomic mass is 35.5. The largest absolute Gasteiger partial charge is 0.467 e. The molecule has 0 atom stereocenters. The van der Waals surface area contributed by atoms with E-state index < -0.39 is 11.5 Å². The van der Waals surface area contributed by atoms with Crippen molar-refractivity contribution in [3.63, 3.8) is 0 Å². The summed E-state index contributed by atoms with van der Waals surface area (Å²) in [5.41, 5.74) is -0.628. The summed E-state index contributed by atoms with van der Waals surface area (Å²) < 4.78 is 4.60. The van der Waals surface area contributed by atoms with Crippen LogP contribution < -0.4 is 5.32 Å². The second-order valence-corrected chi connectivity index (χ2v) is 4.51. The highest BCUT2D eigenvalue weighted by Gasteiger charge is 2.30. The molecule has 0 radical (unpaired) electrons. The van der Waals surface area contributed by atoms with Gasteiger partial charge in [0.2, 0.25) is 0 Å². The van der Waals surface area contributed by atoms with Crippen LogP contribution in [0.5, 0.6) is 0 Å². The molecule has 1 aromatic carbocycles. The van der Waals surface area contributed by atoms with Gasteiger partial charge in [-0.3, -0.25) is 4.79 Å². The first-order chi connectivity index (χ1) is 7.86. The average Bonchev–Trinajstić information content (AvgIpc) is 2.28. The first kappa shape index (κ1) is 13.5. The second-order valence-electron chi connectivity index (χ2n) is 4.08. The van der Waals surface area contributed by atoms with Crippen LogP contribution >= 0.6 is 11.6 Å². The van der Waals surface area contributed by atoms with Gasteiger partial charge in [0, 0.05) is 10.6 Å². The standard InChI is InChI=1S/C12H14ClNO3/c1-12(2,11(16)17-3)14-10(15)8-4-6-9(13)7-5-8/h4-7H,1-3H3,(H,14,15). The molecule has 0 fully saturated rings. The zero-order valence-electron chi connectivity index (χ0n) is 9.91. The number of amides is 1. The Morgan fingerprint density at radius 3 is 2.24 bits per heavy atom. The second kappa shape index (κ2) is 5.19. The minimum Gasteiger partial charge on any atom is -0.467 e. The Bertz CT molecular complexity index is 426. The van der Waals surface area contributed by atoms with Crippen molar-refractivity contribution in [2.75, 3.05) is 7.11 Å². The fourth-order valence-electron chi connectivity index (χ4n) is 1.26. The summed E-state index contributed by atoms with van der Waals surface area (Å²) in [4.78, 5) is 23.2. The molecule has 0 bridgehead atoms. The summed E-state index contributed by atoms with van der Waals surface area (Å²) >= 11 is 5.72. The molecule has 0 heterocycles. The quantitative estimate of drug-likeness (QED) is 0.841. The molecule has 0 saturated carbocycles. The number of ether oxygens (including phenoxy) is 1. The Balaban J connectivity index is 2.79. The number of halogens is 1. The van der Waals surface area contributed by atoms with E-state index in [4.69, 9.17) is 11.6 Å². The lowest BCUT2D eigenvalue weighted by Crippen LogP contribution is -2.50. The van der Waals surface area contributed by atoms with Crippen molar-refractivity contribution in [3.8, 4) is 0 Å². The highest BCUT2D eigenvalue weighted by Crippen LogP contribution is 2.11. The summed E-state index contributed by atoms with van der Waals surface area (Å²) in [6.07, 6.45) is 0. The molecule has 1 amide bonds. The maximum Gasteiger partial charge on any atom is 0.330 e. The van der Waals surface area contributed by atoms with Crippen LogP contribution in [0.1, 0.15) is 24.2 Å². The molecule has 1 N–H and O–H groups in total. The van der Waals surface area contributed by atoms with Gasteiger partial charge in [-0.25, -0.2) is 4.79 Å². The van der Waals surface area contributed by atoms with E-state index in [1.165, 1.54) is 7.11 Å². The van der Waals surface area contributed by atoms with Crippen LogP contribution in [0.2, 0.25) is 5.02 Å². The van der Waals surface area contributed by atoms with E-state index in [0.717, 1.165) is 0 Å². The normalized spacial score (nSPS) is 10.8. The molecule has 0 aliphatic heterocycles. The van der Waals surface area contributed by atoms with Gasteiger partial charge >= 0.3 is 5.97 Å². The molecule has 0 saturated heterocycles. The molecular formula is C12H14ClNO3. The fourth-order valence-corrected chi connectivity index (χ4v) is 1.39. The van der Waals surface area contributed by atoms with Crippen molar-refractivity contribution in [2.24, 2.45) is 0 Å². The number of esters is 1. The third kappa shape index (κ3) is 3.46. The van der Waals surface area contributed by atoms with Crippen molar-refractivity contribution < 1.29 is 14.3 Å². The molecule has 0 unspecified atom stereocenters. The first-order valence-corrected chi connectivity index (χ1v) is 5.41. The lowest BCUT2D eigenvalue weighted by molar-refractivity contribution is -0.146. The van der Waals surface area contributed by atoms with Crippen molar-refractivity contribution >= 4 is 23.5 Å². The molecule has 1 rings (SSSR count). The highest BCUT2D eigenvalue weighted by molar-refractivity contribution is 6.30. The first-order valence-electron chi connectivity index (χ1n) is 5.03. The Morgan fingerprint density at radius 2 is 1.76 bits per heavy atom. The predicted molar refractivity (Wildman–Crippen MR) is 65.0 cm³/mol. The van der Waals surface area contributed by atoms with E-state index in [9.17, 15) is 9.59 Å². The number of nitrogens with one attached hydrogen (secondary N) is 1. The van der Waals surface area contributed by atoms with Gasteiger partial charge in [0.1, 0.15) is 5.54 Å². The van der Waals surface area contributed by atoms with Crippen LogP contribution in [0.3, 0.4) is 0 Å². The molecule has 5 heteroatoms. The number of benzene rings is 1. The lowest BCUT2D eigenvalue weighted by Gasteiger charge is -2.23. The van der Waals surface area contributed by atoms with Gasteiger partial charge in [0.15, 0.2) is 0 Å². The van der Waals surface area contributed by atoms with Crippen LogP contribution in [0.25, 0.3) is 0 Å². The van der Waals surface area contributed by atoms with Crippen molar-refractivity contribution in [3.05, 3.63) is 34.9 Å². The molecular weight excluding hydrogens is 242 g/mol. The summed E-state index contributed by atoms with van der Waals surface area (Å²) in [7, 11) is 1.28. The van der Waals surface area contributed by atoms with Gasteiger partial charge < -0.3 is 10.1 Å². The van der Waals surface area contributed by atoms with Crippen molar-refractivity contribution in [1.82, 2.24) is 5.32 Å². The molecule has 0 aromatic heterocycles. The van der Waals surface area contributed by atoms with Crippen molar-refractivity contribution in [1.29, 1.82) is 0 Å². The number of hydrogen-bond donors (Lipinski definition) is 1. The van der Waals surface area contributed by atoms with Crippen LogP contribution in [0.15, 0.2) is 24.3 Å². The topological polar surface area (TPSA) is 55.4 Å². The van der Waals surface area contributed by atoms with Crippen LogP contribution in [0.4, 0.5) is 0 Å². The van der Waals surface area contributed by atoms with E-state index in [-0.39, 0.29) is 5.91 Å². The average molecular weight is 256 g/mol. The Morgan fingerprint density at radius 1 is 1.24 bits per heavy atom. The maximum atomic E-state index is 11.8. The van der Waals surface area contributed by atoms with Crippen LogP contribution in [-0.2, 0) is 9.53 Å². The zero-order chi connectivity index (χ0) is 13.1. The molecule has 17 heavy (non-hydrogen) atoms.